The fourth-order valence-electron chi connectivity index (χ4n) is 2.22. The third kappa shape index (κ3) is 4.45. The lowest BCUT2D eigenvalue weighted by molar-refractivity contribution is -0.0691. The average Bonchev–Trinajstić information content (AvgIpc) is 2.25. The van der Waals surface area contributed by atoms with Crippen LogP contribution in [0.2, 0.25) is 0 Å². The van der Waals surface area contributed by atoms with Gasteiger partial charge in [0.05, 0.1) is 6.04 Å². The van der Waals surface area contributed by atoms with Crippen molar-refractivity contribution in [2.75, 3.05) is 6.54 Å². The summed E-state index contributed by atoms with van der Waals surface area (Å²) in [6, 6.07) is -0.612. The van der Waals surface area contributed by atoms with Gasteiger partial charge in [0.15, 0.2) is 0 Å². The zero-order chi connectivity index (χ0) is 11.5. The van der Waals surface area contributed by atoms with E-state index in [0.717, 1.165) is 25.8 Å². The fraction of sp³-hybridized carbons (Fsp3) is 1.00. The van der Waals surface area contributed by atoms with Crippen LogP contribution in [0, 0.1) is 5.41 Å². The maximum Gasteiger partial charge on any atom is 0.263 e. The van der Waals surface area contributed by atoms with Gasteiger partial charge < -0.3 is 5.32 Å². The molecule has 0 spiro atoms. The first kappa shape index (κ1) is 12.9. The van der Waals surface area contributed by atoms with Crippen molar-refractivity contribution < 1.29 is 8.78 Å². The minimum atomic E-state index is -2.57. The zero-order valence-corrected chi connectivity index (χ0v) is 10.1. The van der Waals surface area contributed by atoms with Crippen molar-refractivity contribution in [1.29, 1.82) is 0 Å². The third-order valence-electron chi connectivity index (χ3n) is 2.84. The monoisotopic (exact) mass is 219 g/mol. The Labute approximate surface area is 91.6 Å². The van der Waals surface area contributed by atoms with Crippen molar-refractivity contribution in [1.82, 2.24) is 5.32 Å². The Morgan fingerprint density at radius 1 is 1.13 bits per heavy atom. The molecule has 1 saturated heterocycles. The highest BCUT2D eigenvalue weighted by Gasteiger charge is 2.42. The fourth-order valence-corrected chi connectivity index (χ4v) is 2.22. The van der Waals surface area contributed by atoms with Gasteiger partial charge in [-0.25, -0.2) is 8.78 Å². The summed E-state index contributed by atoms with van der Waals surface area (Å²) in [5, 5.41) is 2.99. The largest absolute Gasteiger partial charge is 0.309 e. The highest BCUT2D eigenvalue weighted by molar-refractivity contribution is 4.88. The van der Waals surface area contributed by atoms with E-state index < -0.39 is 12.0 Å². The molecule has 15 heavy (non-hydrogen) atoms. The van der Waals surface area contributed by atoms with Crippen molar-refractivity contribution >= 4 is 0 Å². The van der Waals surface area contributed by atoms with Gasteiger partial charge in [-0.15, -0.1) is 0 Å². The van der Waals surface area contributed by atoms with Crippen LogP contribution in [0.25, 0.3) is 0 Å². The molecule has 1 aliphatic rings. The number of nitrogens with one attached hydrogen (secondary N) is 1. The number of rotatable bonds is 2. The SMILES string of the molecule is CC(C)(C)CC(F)(F)C1CCCCCN1. The van der Waals surface area contributed by atoms with Crippen LogP contribution in [0.15, 0.2) is 0 Å². The summed E-state index contributed by atoms with van der Waals surface area (Å²) in [7, 11) is 0. The topological polar surface area (TPSA) is 12.0 Å². The molecular weight excluding hydrogens is 196 g/mol. The van der Waals surface area contributed by atoms with Gasteiger partial charge in [-0.3, -0.25) is 0 Å². The highest BCUT2D eigenvalue weighted by atomic mass is 19.3. The Hall–Kier alpha value is -0.180. The zero-order valence-electron chi connectivity index (χ0n) is 10.1. The van der Waals surface area contributed by atoms with Gasteiger partial charge in [0, 0.05) is 6.42 Å². The first-order valence-electron chi connectivity index (χ1n) is 5.92. The van der Waals surface area contributed by atoms with E-state index in [1.165, 1.54) is 0 Å². The Balaban J connectivity index is 2.57. The van der Waals surface area contributed by atoms with Crippen molar-refractivity contribution in [3.63, 3.8) is 0 Å². The summed E-state index contributed by atoms with van der Waals surface area (Å²) in [5.74, 6) is -2.57. The molecule has 1 fully saturated rings. The lowest BCUT2D eigenvalue weighted by Gasteiger charge is -2.32. The van der Waals surface area contributed by atoms with Crippen LogP contribution in [0.3, 0.4) is 0 Å². The highest BCUT2D eigenvalue weighted by Crippen LogP contribution is 2.36. The molecule has 0 amide bonds. The summed E-state index contributed by atoms with van der Waals surface area (Å²) in [4.78, 5) is 0. The van der Waals surface area contributed by atoms with Crippen LogP contribution < -0.4 is 5.32 Å². The second-order valence-electron chi connectivity index (χ2n) is 5.85. The molecule has 0 aromatic carbocycles. The number of alkyl halides is 2. The van der Waals surface area contributed by atoms with Gasteiger partial charge in [0.25, 0.3) is 5.92 Å². The van der Waals surface area contributed by atoms with Gasteiger partial charge >= 0.3 is 0 Å². The lowest BCUT2D eigenvalue weighted by Crippen LogP contribution is -2.46. The van der Waals surface area contributed by atoms with E-state index in [1.807, 2.05) is 20.8 Å². The second kappa shape index (κ2) is 4.77. The molecule has 0 saturated carbocycles. The minimum Gasteiger partial charge on any atom is -0.309 e. The molecule has 0 aromatic rings. The van der Waals surface area contributed by atoms with Crippen LogP contribution in [-0.2, 0) is 0 Å². The molecule has 0 aromatic heterocycles. The van der Waals surface area contributed by atoms with Gasteiger partial charge in [0.2, 0.25) is 0 Å². The number of hydrogen-bond acceptors (Lipinski definition) is 1. The molecule has 3 heteroatoms. The quantitative estimate of drug-likeness (QED) is 0.748. The van der Waals surface area contributed by atoms with E-state index in [2.05, 4.69) is 5.32 Å². The van der Waals surface area contributed by atoms with E-state index in [1.54, 1.807) is 0 Å². The van der Waals surface area contributed by atoms with Crippen LogP contribution in [0.1, 0.15) is 52.9 Å². The molecule has 0 radical (unpaired) electrons. The summed E-state index contributed by atoms with van der Waals surface area (Å²) in [5.41, 5.74) is -0.308. The van der Waals surface area contributed by atoms with Crippen molar-refractivity contribution in [2.24, 2.45) is 5.41 Å². The van der Waals surface area contributed by atoms with E-state index in [-0.39, 0.29) is 11.8 Å². The minimum absolute atomic E-state index is 0.0301. The second-order valence-corrected chi connectivity index (χ2v) is 5.85. The van der Waals surface area contributed by atoms with E-state index >= 15 is 0 Å². The van der Waals surface area contributed by atoms with Crippen LogP contribution in [0.5, 0.6) is 0 Å². The van der Waals surface area contributed by atoms with Crippen molar-refractivity contribution in [3.8, 4) is 0 Å². The van der Waals surface area contributed by atoms with Crippen LogP contribution in [-0.4, -0.2) is 18.5 Å². The maximum absolute atomic E-state index is 13.9. The van der Waals surface area contributed by atoms with Crippen molar-refractivity contribution in [3.05, 3.63) is 0 Å². The molecule has 1 nitrogen and oxygen atoms in total. The molecule has 1 heterocycles. The standard InChI is InChI=1S/C12H23F2N/c1-11(2,3)9-12(13,14)10-7-5-4-6-8-15-10/h10,15H,4-9H2,1-3H3. The molecule has 1 aliphatic heterocycles. The molecular formula is C12H23F2N. The molecule has 0 aliphatic carbocycles. The molecule has 1 rings (SSSR count). The average molecular weight is 219 g/mol. The molecule has 1 N–H and O–H groups in total. The van der Waals surface area contributed by atoms with Crippen LogP contribution >= 0.6 is 0 Å². The Morgan fingerprint density at radius 3 is 2.40 bits per heavy atom. The lowest BCUT2D eigenvalue weighted by atomic mass is 9.85. The smallest absolute Gasteiger partial charge is 0.263 e. The van der Waals surface area contributed by atoms with Gasteiger partial charge in [-0.2, -0.15) is 0 Å². The number of halogens is 2. The normalized spacial score (nSPS) is 25.0. The van der Waals surface area contributed by atoms with E-state index in [0.29, 0.717) is 6.42 Å². The predicted molar refractivity (Wildman–Crippen MR) is 59.3 cm³/mol. The summed E-state index contributed by atoms with van der Waals surface area (Å²) in [6.45, 7) is 6.36. The summed E-state index contributed by atoms with van der Waals surface area (Å²) in [6.07, 6.45) is 3.62. The molecule has 90 valence electrons. The first-order valence-corrected chi connectivity index (χ1v) is 5.92. The van der Waals surface area contributed by atoms with E-state index in [4.69, 9.17) is 0 Å². The van der Waals surface area contributed by atoms with Gasteiger partial charge in [-0.1, -0.05) is 33.6 Å². The molecule has 1 atom stereocenters. The third-order valence-corrected chi connectivity index (χ3v) is 2.84. The molecule has 0 bridgehead atoms. The first-order chi connectivity index (χ1) is 6.81. The Bertz CT molecular complexity index is 188. The summed E-state index contributed by atoms with van der Waals surface area (Å²) < 4.78 is 27.8. The maximum atomic E-state index is 13.9. The van der Waals surface area contributed by atoms with E-state index in [9.17, 15) is 8.78 Å². The predicted octanol–water partition coefficient (Wildman–Crippen LogP) is 3.59. The number of hydrogen-bond donors (Lipinski definition) is 1. The molecule has 1 unspecified atom stereocenters. The summed E-state index contributed by atoms with van der Waals surface area (Å²) >= 11 is 0. The Kier molecular flexibility index (Phi) is 4.10. The van der Waals surface area contributed by atoms with Crippen LogP contribution in [0.4, 0.5) is 8.78 Å². The van der Waals surface area contributed by atoms with Gasteiger partial charge in [0.1, 0.15) is 0 Å². The van der Waals surface area contributed by atoms with Crippen molar-refractivity contribution in [2.45, 2.75) is 64.8 Å². The Morgan fingerprint density at radius 2 is 1.80 bits per heavy atom. The van der Waals surface area contributed by atoms with Gasteiger partial charge in [-0.05, 0) is 24.8 Å².